The quantitative estimate of drug-likeness (QED) is 0.861. The Kier molecular flexibility index (Phi) is 3.41. The Balaban J connectivity index is 2.11. The number of hydrogen-bond acceptors (Lipinski definition) is 3. The van der Waals surface area contributed by atoms with Gasteiger partial charge >= 0.3 is 5.97 Å². The number of hydrogen-bond donors (Lipinski definition) is 2. The summed E-state index contributed by atoms with van der Waals surface area (Å²) in [6.45, 7) is 1.70. The lowest BCUT2D eigenvalue weighted by Crippen LogP contribution is -2.52. The molecule has 1 aromatic heterocycles. The molecule has 1 aliphatic carbocycles. The Bertz CT molecular complexity index is 440. The van der Waals surface area contributed by atoms with Crippen LogP contribution >= 0.6 is 0 Å². The molecular formula is C13H17NO4. The fourth-order valence-electron chi connectivity index (χ4n) is 2.46. The van der Waals surface area contributed by atoms with Crippen LogP contribution in [0.1, 0.15) is 43.2 Å². The number of nitrogens with one attached hydrogen (secondary N) is 1. The molecule has 0 saturated heterocycles. The van der Waals surface area contributed by atoms with Crippen molar-refractivity contribution in [3.05, 3.63) is 24.2 Å². The van der Waals surface area contributed by atoms with E-state index in [9.17, 15) is 14.7 Å². The summed E-state index contributed by atoms with van der Waals surface area (Å²) in [4.78, 5) is 23.3. The molecule has 0 spiro atoms. The van der Waals surface area contributed by atoms with Crippen LogP contribution in [-0.2, 0) is 4.79 Å². The highest BCUT2D eigenvalue weighted by atomic mass is 16.4. The Hall–Kier alpha value is -1.78. The standard InChI is InChI=1S/C13H17NO4/c1-13(12(16)17)7-3-2-6-10(13)14-11(15)9-5-4-8-18-9/h4-5,8,10H,2-3,6-7H2,1H3,(H,14,15)(H,16,17). The topological polar surface area (TPSA) is 79.5 Å². The molecule has 1 saturated carbocycles. The van der Waals surface area contributed by atoms with Gasteiger partial charge in [0.2, 0.25) is 0 Å². The molecule has 0 bridgehead atoms. The molecule has 2 rings (SSSR count). The van der Waals surface area contributed by atoms with Crippen molar-refractivity contribution in [2.24, 2.45) is 5.41 Å². The van der Waals surface area contributed by atoms with Crippen molar-refractivity contribution in [3.8, 4) is 0 Å². The number of carbonyl (C=O) groups is 2. The normalized spacial score (nSPS) is 27.7. The average Bonchev–Trinajstić information content (AvgIpc) is 2.85. The Morgan fingerprint density at radius 1 is 1.50 bits per heavy atom. The van der Waals surface area contributed by atoms with Crippen LogP contribution in [0, 0.1) is 5.41 Å². The van der Waals surface area contributed by atoms with Crippen LogP contribution in [0.4, 0.5) is 0 Å². The van der Waals surface area contributed by atoms with E-state index in [0.717, 1.165) is 12.8 Å². The molecule has 1 aliphatic rings. The third-order valence-corrected chi connectivity index (χ3v) is 3.75. The van der Waals surface area contributed by atoms with Crippen molar-refractivity contribution in [1.82, 2.24) is 5.32 Å². The zero-order chi connectivity index (χ0) is 13.2. The molecular weight excluding hydrogens is 234 g/mol. The fraction of sp³-hybridized carbons (Fsp3) is 0.538. The second kappa shape index (κ2) is 4.84. The van der Waals surface area contributed by atoms with Gasteiger partial charge in [0.05, 0.1) is 11.7 Å². The third kappa shape index (κ3) is 2.25. The van der Waals surface area contributed by atoms with Crippen molar-refractivity contribution in [2.45, 2.75) is 38.6 Å². The molecule has 1 heterocycles. The zero-order valence-corrected chi connectivity index (χ0v) is 10.3. The van der Waals surface area contributed by atoms with Gasteiger partial charge in [0.1, 0.15) is 0 Å². The number of carbonyl (C=O) groups excluding carboxylic acids is 1. The Morgan fingerprint density at radius 2 is 2.28 bits per heavy atom. The summed E-state index contributed by atoms with van der Waals surface area (Å²) >= 11 is 0. The van der Waals surface area contributed by atoms with Crippen LogP contribution in [-0.4, -0.2) is 23.0 Å². The maximum atomic E-state index is 11.9. The molecule has 0 aromatic carbocycles. The van der Waals surface area contributed by atoms with E-state index in [4.69, 9.17) is 4.42 Å². The highest BCUT2D eigenvalue weighted by Gasteiger charge is 2.44. The SMILES string of the molecule is CC1(C(=O)O)CCCCC1NC(=O)c1ccco1. The third-order valence-electron chi connectivity index (χ3n) is 3.75. The summed E-state index contributed by atoms with van der Waals surface area (Å²) in [5, 5.41) is 12.1. The lowest BCUT2D eigenvalue weighted by molar-refractivity contribution is -0.151. The molecule has 0 aliphatic heterocycles. The predicted molar refractivity (Wildman–Crippen MR) is 64.2 cm³/mol. The number of carboxylic acid groups (broad SMARTS) is 1. The van der Waals surface area contributed by atoms with Gasteiger partial charge in [0.15, 0.2) is 5.76 Å². The van der Waals surface area contributed by atoms with Gasteiger partial charge in [0.25, 0.3) is 5.91 Å². The van der Waals surface area contributed by atoms with Gasteiger partial charge in [-0.15, -0.1) is 0 Å². The van der Waals surface area contributed by atoms with Crippen molar-refractivity contribution in [2.75, 3.05) is 0 Å². The van der Waals surface area contributed by atoms with Crippen molar-refractivity contribution in [1.29, 1.82) is 0 Å². The molecule has 2 atom stereocenters. The number of rotatable bonds is 3. The van der Waals surface area contributed by atoms with Crippen molar-refractivity contribution >= 4 is 11.9 Å². The maximum absolute atomic E-state index is 11.9. The first kappa shape index (κ1) is 12.7. The zero-order valence-electron chi connectivity index (χ0n) is 10.3. The van der Waals surface area contributed by atoms with Crippen LogP contribution in [0.15, 0.2) is 22.8 Å². The molecule has 1 aromatic rings. The van der Waals surface area contributed by atoms with E-state index >= 15 is 0 Å². The van der Waals surface area contributed by atoms with Crippen molar-refractivity contribution < 1.29 is 19.1 Å². The largest absolute Gasteiger partial charge is 0.481 e. The molecule has 18 heavy (non-hydrogen) atoms. The van der Waals surface area contributed by atoms with Crippen LogP contribution in [0.25, 0.3) is 0 Å². The molecule has 98 valence electrons. The average molecular weight is 251 g/mol. The van der Waals surface area contributed by atoms with Gasteiger partial charge in [-0.1, -0.05) is 12.8 Å². The predicted octanol–water partition coefficient (Wildman–Crippen LogP) is 2.04. The smallest absolute Gasteiger partial charge is 0.311 e. The van der Waals surface area contributed by atoms with E-state index in [-0.39, 0.29) is 17.7 Å². The van der Waals surface area contributed by atoms with Crippen LogP contribution < -0.4 is 5.32 Å². The fourth-order valence-corrected chi connectivity index (χ4v) is 2.46. The number of aliphatic carboxylic acids is 1. The summed E-state index contributed by atoms with van der Waals surface area (Å²) in [5.41, 5.74) is -0.888. The highest BCUT2D eigenvalue weighted by Crippen LogP contribution is 2.36. The van der Waals surface area contributed by atoms with Gasteiger partial charge in [-0.05, 0) is 31.9 Å². The first-order valence-electron chi connectivity index (χ1n) is 6.12. The molecule has 1 fully saturated rings. The number of carboxylic acids is 1. The van der Waals surface area contributed by atoms with Gasteiger partial charge in [-0.3, -0.25) is 9.59 Å². The number of amides is 1. The summed E-state index contributed by atoms with van der Waals surface area (Å²) < 4.78 is 5.01. The summed E-state index contributed by atoms with van der Waals surface area (Å²) in [6, 6.07) is 2.85. The summed E-state index contributed by atoms with van der Waals surface area (Å²) in [6.07, 6.45) is 4.52. The van der Waals surface area contributed by atoms with Crippen LogP contribution in [0.2, 0.25) is 0 Å². The molecule has 5 nitrogen and oxygen atoms in total. The highest BCUT2D eigenvalue weighted by molar-refractivity contribution is 5.92. The lowest BCUT2D eigenvalue weighted by atomic mass is 9.71. The minimum atomic E-state index is -0.888. The van der Waals surface area contributed by atoms with Gasteiger partial charge in [-0.2, -0.15) is 0 Å². The lowest BCUT2D eigenvalue weighted by Gasteiger charge is -2.38. The Labute approximate surface area is 105 Å². The van der Waals surface area contributed by atoms with Gasteiger partial charge in [-0.25, -0.2) is 0 Å². The first-order chi connectivity index (χ1) is 8.54. The Morgan fingerprint density at radius 3 is 2.89 bits per heavy atom. The van der Waals surface area contributed by atoms with E-state index in [0.29, 0.717) is 12.8 Å². The number of furan rings is 1. The second-order valence-electron chi connectivity index (χ2n) is 4.97. The first-order valence-corrected chi connectivity index (χ1v) is 6.12. The van der Waals surface area contributed by atoms with E-state index < -0.39 is 11.4 Å². The molecule has 0 radical (unpaired) electrons. The van der Waals surface area contributed by atoms with Crippen LogP contribution in [0.3, 0.4) is 0 Å². The molecule has 2 unspecified atom stereocenters. The summed E-state index contributed by atoms with van der Waals surface area (Å²) in [7, 11) is 0. The van der Waals surface area contributed by atoms with Crippen LogP contribution in [0.5, 0.6) is 0 Å². The maximum Gasteiger partial charge on any atom is 0.311 e. The molecule has 2 N–H and O–H groups in total. The van der Waals surface area contributed by atoms with E-state index in [1.54, 1.807) is 19.1 Å². The molecule has 5 heteroatoms. The monoisotopic (exact) mass is 251 g/mol. The minimum absolute atomic E-state index is 0.216. The van der Waals surface area contributed by atoms with E-state index in [1.165, 1.54) is 6.26 Å². The minimum Gasteiger partial charge on any atom is -0.481 e. The van der Waals surface area contributed by atoms with Crippen molar-refractivity contribution in [3.63, 3.8) is 0 Å². The summed E-state index contributed by atoms with van der Waals surface area (Å²) in [5.74, 6) is -0.986. The van der Waals surface area contributed by atoms with Gasteiger partial charge < -0.3 is 14.8 Å². The molecule has 1 amide bonds. The second-order valence-corrected chi connectivity index (χ2v) is 4.97. The van der Waals surface area contributed by atoms with Gasteiger partial charge in [0, 0.05) is 6.04 Å². The van der Waals surface area contributed by atoms with E-state index in [2.05, 4.69) is 5.32 Å². The van der Waals surface area contributed by atoms with E-state index in [1.807, 2.05) is 0 Å².